The van der Waals surface area contributed by atoms with Gasteiger partial charge in [0.1, 0.15) is 0 Å². The molecule has 3 aromatic rings. The van der Waals surface area contributed by atoms with Gasteiger partial charge in [0.05, 0.1) is 34.7 Å². The van der Waals surface area contributed by atoms with Gasteiger partial charge in [-0.25, -0.2) is 4.98 Å². The van der Waals surface area contributed by atoms with Crippen LogP contribution < -0.4 is 0 Å². The molecule has 6 heteroatoms. The van der Waals surface area contributed by atoms with E-state index in [1.165, 1.54) is 0 Å². The van der Waals surface area contributed by atoms with Crippen molar-refractivity contribution in [2.45, 2.75) is 19.9 Å². The van der Waals surface area contributed by atoms with Crippen LogP contribution in [0.1, 0.15) is 27.8 Å². The molecular formula is C17H19N5O. The van der Waals surface area contributed by atoms with E-state index in [9.17, 15) is 4.79 Å². The van der Waals surface area contributed by atoms with Crippen molar-refractivity contribution in [2.24, 2.45) is 7.05 Å². The molecule has 6 nitrogen and oxygen atoms in total. The van der Waals surface area contributed by atoms with Crippen molar-refractivity contribution in [2.75, 3.05) is 13.1 Å². The molecule has 4 rings (SSSR count). The second kappa shape index (κ2) is 4.94. The molecule has 1 amide bonds. The van der Waals surface area contributed by atoms with Crippen LogP contribution in [0.4, 0.5) is 0 Å². The van der Waals surface area contributed by atoms with Crippen LogP contribution in [-0.4, -0.2) is 43.2 Å². The third-order valence-corrected chi connectivity index (χ3v) is 4.75. The molecule has 118 valence electrons. The summed E-state index contributed by atoms with van der Waals surface area (Å²) in [6.45, 7) is 5.26. The highest BCUT2D eigenvalue weighted by atomic mass is 16.2. The second-order valence-corrected chi connectivity index (χ2v) is 6.17. The molecule has 0 unspecified atom stereocenters. The number of likely N-dealkylation sites (tertiary alicyclic amines) is 1. The van der Waals surface area contributed by atoms with Gasteiger partial charge in [0.15, 0.2) is 0 Å². The summed E-state index contributed by atoms with van der Waals surface area (Å²) < 4.78 is 3.94. The van der Waals surface area contributed by atoms with E-state index in [1.807, 2.05) is 50.3 Å². The Morgan fingerprint density at radius 1 is 1.22 bits per heavy atom. The summed E-state index contributed by atoms with van der Waals surface area (Å²) in [6, 6.07) is 8.39. The topological polar surface area (TPSA) is 56.0 Å². The number of benzene rings is 1. The van der Waals surface area contributed by atoms with E-state index >= 15 is 0 Å². The fourth-order valence-electron chi connectivity index (χ4n) is 3.31. The van der Waals surface area contributed by atoms with E-state index in [2.05, 4.69) is 20.7 Å². The van der Waals surface area contributed by atoms with Crippen molar-refractivity contribution in [3.05, 3.63) is 47.5 Å². The van der Waals surface area contributed by atoms with Gasteiger partial charge < -0.3 is 9.47 Å². The van der Waals surface area contributed by atoms with Gasteiger partial charge in [-0.15, -0.1) is 0 Å². The van der Waals surface area contributed by atoms with Gasteiger partial charge in [-0.1, -0.05) is 12.1 Å². The molecule has 0 N–H and O–H groups in total. The molecule has 1 saturated heterocycles. The van der Waals surface area contributed by atoms with Crippen LogP contribution in [0.25, 0.3) is 11.0 Å². The number of hydrogen-bond donors (Lipinski definition) is 0. The molecule has 0 bridgehead atoms. The number of fused-ring (bicyclic) bond motifs is 1. The molecule has 0 radical (unpaired) electrons. The minimum atomic E-state index is 0.0776. The minimum Gasteiger partial charge on any atom is -0.334 e. The number of hydrogen-bond acceptors (Lipinski definition) is 3. The average molecular weight is 309 g/mol. The van der Waals surface area contributed by atoms with E-state index < -0.39 is 0 Å². The monoisotopic (exact) mass is 309 g/mol. The summed E-state index contributed by atoms with van der Waals surface area (Å²) in [7, 11) is 1.87. The standard InChI is InChI=1S/C17H19N5O/c1-11-16(12(2)20(3)19-11)17(23)21-8-13(9-21)22-10-18-14-6-4-5-7-15(14)22/h4-7,10,13H,8-9H2,1-3H3. The third-order valence-electron chi connectivity index (χ3n) is 4.75. The van der Waals surface area contributed by atoms with Crippen LogP contribution >= 0.6 is 0 Å². The van der Waals surface area contributed by atoms with Crippen molar-refractivity contribution in [3.63, 3.8) is 0 Å². The predicted octanol–water partition coefficient (Wildman–Crippen LogP) is 2.08. The lowest BCUT2D eigenvalue weighted by molar-refractivity contribution is 0.0524. The number of carbonyl (C=O) groups is 1. The van der Waals surface area contributed by atoms with Crippen LogP contribution in [0.15, 0.2) is 30.6 Å². The van der Waals surface area contributed by atoms with E-state index in [-0.39, 0.29) is 5.91 Å². The first-order chi connectivity index (χ1) is 11.1. The Labute approximate surface area is 134 Å². The fraction of sp³-hybridized carbons (Fsp3) is 0.353. The summed E-state index contributed by atoms with van der Waals surface area (Å²) >= 11 is 0. The molecule has 2 aromatic heterocycles. The largest absolute Gasteiger partial charge is 0.334 e. The highest BCUT2D eigenvalue weighted by molar-refractivity contribution is 5.97. The zero-order valence-electron chi connectivity index (χ0n) is 13.5. The van der Waals surface area contributed by atoms with Crippen molar-refractivity contribution >= 4 is 16.9 Å². The van der Waals surface area contributed by atoms with Gasteiger partial charge in [-0.05, 0) is 26.0 Å². The molecule has 0 atom stereocenters. The Balaban J connectivity index is 1.54. The lowest BCUT2D eigenvalue weighted by atomic mass is 10.1. The van der Waals surface area contributed by atoms with E-state index in [0.717, 1.165) is 28.0 Å². The number of carbonyl (C=O) groups excluding carboxylic acids is 1. The van der Waals surface area contributed by atoms with E-state index in [0.29, 0.717) is 19.1 Å². The summed E-state index contributed by atoms with van der Waals surface area (Å²) in [5.41, 5.74) is 4.58. The van der Waals surface area contributed by atoms with Crippen molar-refractivity contribution < 1.29 is 4.79 Å². The number of rotatable bonds is 2. The molecule has 0 aliphatic carbocycles. The molecular weight excluding hydrogens is 290 g/mol. The average Bonchev–Trinajstić information content (AvgIpc) is 3.00. The fourth-order valence-corrected chi connectivity index (χ4v) is 3.31. The van der Waals surface area contributed by atoms with Gasteiger partial charge in [-0.3, -0.25) is 9.48 Å². The maximum atomic E-state index is 12.7. The Hall–Kier alpha value is -2.63. The summed E-state index contributed by atoms with van der Waals surface area (Å²) in [4.78, 5) is 19.0. The molecule has 3 heterocycles. The number of para-hydroxylation sites is 2. The maximum Gasteiger partial charge on any atom is 0.257 e. The molecule has 0 saturated carbocycles. The first kappa shape index (κ1) is 14.0. The number of nitrogens with zero attached hydrogens (tertiary/aromatic N) is 5. The Morgan fingerprint density at radius 2 is 1.96 bits per heavy atom. The Morgan fingerprint density at radius 3 is 2.65 bits per heavy atom. The SMILES string of the molecule is Cc1nn(C)c(C)c1C(=O)N1CC(n2cnc3ccccc32)C1. The first-order valence-corrected chi connectivity index (χ1v) is 7.77. The van der Waals surface area contributed by atoms with Gasteiger partial charge in [0.25, 0.3) is 5.91 Å². The molecule has 1 aromatic carbocycles. The molecule has 23 heavy (non-hydrogen) atoms. The number of aryl methyl sites for hydroxylation is 2. The number of imidazole rings is 1. The summed E-state index contributed by atoms with van der Waals surface area (Å²) in [5.74, 6) is 0.0776. The van der Waals surface area contributed by atoms with Crippen LogP contribution in [-0.2, 0) is 7.05 Å². The van der Waals surface area contributed by atoms with Gasteiger partial charge in [0.2, 0.25) is 0 Å². The van der Waals surface area contributed by atoms with Crippen LogP contribution in [0.2, 0.25) is 0 Å². The highest BCUT2D eigenvalue weighted by Crippen LogP contribution is 2.28. The smallest absolute Gasteiger partial charge is 0.257 e. The van der Waals surface area contributed by atoms with Crippen LogP contribution in [0.3, 0.4) is 0 Å². The van der Waals surface area contributed by atoms with Crippen LogP contribution in [0, 0.1) is 13.8 Å². The third kappa shape index (κ3) is 2.05. The predicted molar refractivity (Wildman–Crippen MR) is 87.4 cm³/mol. The molecule has 1 aliphatic heterocycles. The van der Waals surface area contributed by atoms with Crippen molar-refractivity contribution in [1.29, 1.82) is 0 Å². The second-order valence-electron chi connectivity index (χ2n) is 6.17. The van der Waals surface area contributed by atoms with Crippen molar-refractivity contribution in [3.8, 4) is 0 Å². The molecule has 0 spiro atoms. The summed E-state index contributed by atoms with van der Waals surface area (Å²) in [6.07, 6.45) is 1.87. The van der Waals surface area contributed by atoms with E-state index in [1.54, 1.807) is 4.68 Å². The van der Waals surface area contributed by atoms with Gasteiger partial charge >= 0.3 is 0 Å². The number of amides is 1. The molecule has 1 aliphatic rings. The van der Waals surface area contributed by atoms with Gasteiger partial charge in [-0.2, -0.15) is 5.10 Å². The summed E-state index contributed by atoms with van der Waals surface area (Å²) in [5, 5.41) is 4.34. The number of aromatic nitrogens is 4. The lowest BCUT2D eigenvalue weighted by Crippen LogP contribution is -2.50. The Bertz CT molecular complexity index is 901. The zero-order valence-corrected chi connectivity index (χ0v) is 13.5. The van der Waals surface area contributed by atoms with Crippen LogP contribution in [0.5, 0.6) is 0 Å². The quantitative estimate of drug-likeness (QED) is 0.728. The first-order valence-electron chi connectivity index (χ1n) is 7.77. The highest BCUT2D eigenvalue weighted by Gasteiger charge is 2.35. The van der Waals surface area contributed by atoms with Crippen molar-refractivity contribution in [1.82, 2.24) is 24.2 Å². The maximum absolute atomic E-state index is 12.7. The minimum absolute atomic E-state index is 0.0776. The Kier molecular flexibility index (Phi) is 3.01. The molecule has 1 fully saturated rings. The van der Waals surface area contributed by atoms with E-state index in [4.69, 9.17) is 0 Å². The lowest BCUT2D eigenvalue weighted by Gasteiger charge is -2.40. The van der Waals surface area contributed by atoms with Gasteiger partial charge in [0, 0.05) is 25.8 Å². The zero-order chi connectivity index (χ0) is 16.1. The normalized spacial score (nSPS) is 15.2.